The van der Waals surface area contributed by atoms with Gasteiger partial charge in [-0.25, -0.2) is 5.01 Å². The Morgan fingerprint density at radius 3 is 2.06 bits per heavy atom. The second-order valence-electron chi connectivity index (χ2n) is 8.91. The molecule has 1 aliphatic heterocycles. The highest BCUT2D eigenvalue weighted by molar-refractivity contribution is 9.12. The Morgan fingerprint density at radius 2 is 1.51 bits per heavy atom. The van der Waals surface area contributed by atoms with E-state index in [1.165, 1.54) is 18.2 Å². The molecule has 0 radical (unpaired) electrons. The summed E-state index contributed by atoms with van der Waals surface area (Å²) in [5.41, 5.74) is 0.380. The van der Waals surface area contributed by atoms with Crippen LogP contribution in [0.2, 0.25) is 10.0 Å². The van der Waals surface area contributed by atoms with Gasteiger partial charge in [0.25, 0.3) is 17.7 Å². The molecule has 2 aromatic rings. The molecule has 3 aliphatic rings. The third-order valence-corrected chi connectivity index (χ3v) is 11.3. The predicted octanol–water partition coefficient (Wildman–Crippen LogP) is 5.77. The maximum absolute atomic E-state index is 13.7. The molecule has 0 unspecified atom stereocenters. The largest absolute Gasteiger partial charge is 0.292 e. The van der Waals surface area contributed by atoms with Crippen molar-refractivity contribution in [1.82, 2.24) is 10.0 Å². The minimum Gasteiger partial charge on any atom is -0.292 e. The first-order valence-corrected chi connectivity index (χ1v) is 14.2. The molecule has 11 heteroatoms. The maximum Gasteiger partial charge on any atom is 0.274 e. The molecule has 2 aliphatic carbocycles. The lowest BCUT2D eigenvalue weighted by Gasteiger charge is -2.31. The van der Waals surface area contributed by atoms with E-state index in [9.17, 15) is 19.2 Å². The number of nitrogens with zero attached hydrogens (tertiary/aromatic N) is 2. The molecule has 2 saturated carbocycles. The van der Waals surface area contributed by atoms with Crippen LogP contribution in [-0.4, -0.2) is 49.7 Å². The first kappa shape index (κ1) is 25.4. The van der Waals surface area contributed by atoms with E-state index < -0.39 is 41.9 Å². The summed E-state index contributed by atoms with van der Waals surface area (Å²) in [6, 6.07) is 10.9. The SMILES string of the molecule is O=C(CN(C(=O)c1ccc(Cl)cc1Cl)N1C(=O)[C@@H]2[C@H]3C[C@@H]([C@@H](Br)[C@H]3Br)[C@H]2C1=O)c1ccc(Br)cc1. The van der Waals surface area contributed by atoms with Crippen molar-refractivity contribution < 1.29 is 19.2 Å². The van der Waals surface area contributed by atoms with Crippen LogP contribution in [0.4, 0.5) is 0 Å². The number of ketones is 1. The summed E-state index contributed by atoms with van der Waals surface area (Å²) < 4.78 is 0.789. The summed E-state index contributed by atoms with van der Waals surface area (Å²) in [6.07, 6.45) is 0.751. The number of benzene rings is 2. The molecule has 3 amide bonds. The molecule has 2 aromatic carbocycles. The van der Waals surface area contributed by atoms with E-state index in [0.29, 0.717) is 10.6 Å². The van der Waals surface area contributed by atoms with Crippen LogP contribution in [0.1, 0.15) is 27.1 Å². The number of imide groups is 1. The quantitative estimate of drug-likeness (QED) is 0.225. The highest BCUT2D eigenvalue weighted by atomic mass is 79.9. The Morgan fingerprint density at radius 1 is 0.943 bits per heavy atom. The van der Waals surface area contributed by atoms with Gasteiger partial charge in [-0.2, -0.15) is 5.01 Å². The normalized spacial score (nSPS) is 29.0. The molecule has 3 fully saturated rings. The first-order valence-electron chi connectivity index (χ1n) is 10.8. The summed E-state index contributed by atoms with van der Waals surface area (Å²) in [7, 11) is 0. The zero-order chi connectivity index (χ0) is 25.2. The fourth-order valence-corrected chi connectivity index (χ4v) is 8.10. The van der Waals surface area contributed by atoms with E-state index in [-0.39, 0.29) is 32.1 Å². The van der Waals surface area contributed by atoms with Crippen LogP contribution < -0.4 is 0 Å². The molecule has 1 saturated heterocycles. The molecule has 1 heterocycles. The number of fused-ring (bicyclic) bond motifs is 5. The fraction of sp³-hybridized carbons (Fsp3) is 0.333. The van der Waals surface area contributed by atoms with E-state index >= 15 is 0 Å². The zero-order valence-electron chi connectivity index (χ0n) is 17.8. The van der Waals surface area contributed by atoms with Crippen molar-refractivity contribution >= 4 is 94.5 Å². The van der Waals surface area contributed by atoms with Crippen LogP contribution in [0.15, 0.2) is 46.9 Å². The van der Waals surface area contributed by atoms with Crippen LogP contribution in [0.25, 0.3) is 0 Å². The van der Waals surface area contributed by atoms with Gasteiger partial charge < -0.3 is 0 Å². The average Bonchev–Trinajstić information content (AvgIpc) is 3.42. The maximum atomic E-state index is 13.7. The molecule has 0 spiro atoms. The van der Waals surface area contributed by atoms with Crippen molar-refractivity contribution in [1.29, 1.82) is 0 Å². The highest BCUT2D eigenvalue weighted by Crippen LogP contribution is 2.60. The summed E-state index contributed by atoms with van der Waals surface area (Å²) in [4.78, 5) is 54.2. The highest BCUT2D eigenvalue weighted by Gasteiger charge is 2.67. The van der Waals surface area contributed by atoms with E-state index in [1.807, 2.05) is 0 Å². The summed E-state index contributed by atoms with van der Waals surface area (Å²) in [5.74, 6) is -3.21. The lowest BCUT2D eigenvalue weighted by atomic mass is 9.81. The van der Waals surface area contributed by atoms with Gasteiger partial charge in [-0.05, 0) is 48.6 Å². The molecular formula is C24H17Br3Cl2N2O4. The van der Waals surface area contributed by atoms with Crippen molar-refractivity contribution in [2.45, 2.75) is 16.1 Å². The number of hydrazine groups is 1. The van der Waals surface area contributed by atoms with Gasteiger partial charge in [-0.3, -0.25) is 19.2 Å². The van der Waals surface area contributed by atoms with Gasteiger partial charge in [-0.1, -0.05) is 83.1 Å². The van der Waals surface area contributed by atoms with Gasteiger partial charge in [0.2, 0.25) is 0 Å². The van der Waals surface area contributed by atoms with Gasteiger partial charge in [0, 0.05) is 24.7 Å². The van der Waals surface area contributed by atoms with Crippen LogP contribution in [0.3, 0.4) is 0 Å². The second-order valence-corrected chi connectivity index (χ2v) is 12.8. The van der Waals surface area contributed by atoms with Crippen LogP contribution in [0.5, 0.6) is 0 Å². The average molecular weight is 708 g/mol. The van der Waals surface area contributed by atoms with Crippen molar-refractivity contribution in [3.8, 4) is 0 Å². The lowest BCUT2D eigenvalue weighted by Crippen LogP contribution is -2.52. The van der Waals surface area contributed by atoms with Crippen LogP contribution >= 0.6 is 71.0 Å². The van der Waals surface area contributed by atoms with E-state index in [2.05, 4.69) is 47.8 Å². The third kappa shape index (κ3) is 4.21. The molecule has 6 atom stereocenters. The Hall–Kier alpha value is -1.26. The molecular weight excluding hydrogens is 691 g/mol. The predicted molar refractivity (Wildman–Crippen MR) is 142 cm³/mol. The second kappa shape index (κ2) is 9.56. The number of carbonyl (C=O) groups is 4. The zero-order valence-corrected chi connectivity index (χ0v) is 24.1. The van der Waals surface area contributed by atoms with Crippen molar-refractivity contribution in [3.63, 3.8) is 0 Å². The number of carbonyl (C=O) groups excluding carboxylic acids is 4. The molecule has 35 heavy (non-hydrogen) atoms. The van der Waals surface area contributed by atoms with Gasteiger partial charge >= 0.3 is 0 Å². The number of hydrogen-bond acceptors (Lipinski definition) is 4. The van der Waals surface area contributed by atoms with Gasteiger partial charge in [0.05, 0.1) is 22.4 Å². The van der Waals surface area contributed by atoms with E-state index in [0.717, 1.165) is 20.9 Å². The Kier molecular flexibility index (Phi) is 6.94. The molecule has 5 rings (SSSR count). The van der Waals surface area contributed by atoms with Crippen LogP contribution in [-0.2, 0) is 9.59 Å². The standard InChI is InChI=1S/C24H17Br3Cl2N2O4/c25-11-3-1-10(2-4-11)17(32)9-30(22(33)13-6-5-12(28)7-16(13)29)31-23(34)18-14-8-15(19(18)24(31)35)21(27)20(14)26/h1-7,14-15,18-21H,8-9H2/t14-,15-,18-,19-,20-,21+/m1/s1. The molecule has 0 aromatic heterocycles. The molecule has 182 valence electrons. The van der Waals surface area contributed by atoms with Crippen molar-refractivity contribution in [3.05, 3.63) is 68.1 Å². The molecule has 6 nitrogen and oxygen atoms in total. The molecule has 2 bridgehead atoms. The Balaban J connectivity index is 1.53. The Labute approximate surface area is 236 Å². The smallest absolute Gasteiger partial charge is 0.274 e. The topological polar surface area (TPSA) is 74.8 Å². The number of hydrogen-bond donors (Lipinski definition) is 0. The minimum absolute atomic E-state index is 0.0333. The number of halogens is 5. The van der Waals surface area contributed by atoms with Crippen molar-refractivity contribution in [2.75, 3.05) is 6.54 Å². The van der Waals surface area contributed by atoms with Crippen molar-refractivity contribution in [2.24, 2.45) is 23.7 Å². The van der Waals surface area contributed by atoms with E-state index in [4.69, 9.17) is 23.2 Å². The minimum atomic E-state index is -0.725. The number of alkyl halides is 2. The number of rotatable bonds is 5. The van der Waals surface area contributed by atoms with Gasteiger partial charge in [-0.15, -0.1) is 0 Å². The fourth-order valence-electron chi connectivity index (χ4n) is 5.47. The lowest BCUT2D eigenvalue weighted by molar-refractivity contribution is -0.154. The Bertz CT molecular complexity index is 1230. The monoisotopic (exact) mass is 704 g/mol. The van der Waals surface area contributed by atoms with E-state index in [1.54, 1.807) is 24.3 Å². The van der Waals surface area contributed by atoms with Gasteiger partial charge in [0.1, 0.15) is 6.54 Å². The summed E-state index contributed by atoms with van der Waals surface area (Å²) in [6.45, 7) is -0.499. The molecule has 0 N–H and O–H groups in total. The third-order valence-electron chi connectivity index (χ3n) is 7.06. The number of Topliss-reactive ketones (excluding diaryl/α,β-unsaturated/α-hetero) is 1. The van der Waals surface area contributed by atoms with Gasteiger partial charge in [0.15, 0.2) is 5.78 Å². The first-order chi connectivity index (χ1) is 16.6. The number of amides is 3. The van der Waals surface area contributed by atoms with Crippen LogP contribution in [0, 0.1) is 23.7 Å². The summed E-state index contributed by atoms with van der Waals surface area (Å²) in [5, 5.41) is 2.21. The summed E-state index contributed by atoms with van der Waals surface area (Å²) >= 11 is 22.9.